The summed E-state index contributed by atoms with van der Waals surface area (Å²) in [5.74, 6) is -0.761. The highest BCUT2D eigenvalue weighted by Gasteiger charge is 2.40. The van der Waals surface area contributed by atoms with Gasteiger partial charge in [0, 0.05) is 15.6 Å². The Morgan fingerprint density at radius 1 is 0.885 bits per heavy atom. The first kappa shape index (κ1) is 16.6. The van der Waals surface area contributed by atoms with Gasteiger partial charge in [-0.05, 0) is 41.8 Å². The van der Waals surface area contributed by atoms with E-state index in [-0.39, 0.29) is 11.6 Å². The van der Waals surface area contributed by atoms with Gasteiger partial charge in [-0.15, -0.1) is 11.3 Å². The number of nitrogens with zero attached hydrogens (tertiary/aromatic N) is 1. The van der Waals surface area contributed by atoms with E-state index < -0.39 is 5.91 Å². The van der Waals surface area contributed by atoms with Gasteiger partial charge in [0.05, 0.1) is 11.3 Å². The first-order valence-corrected chi connectivity index (χ1v) is 9.15. The molecule has 0 saturated heterocycles. The number of hydrogen-bond donors (Lipinski definition) is 1. The van der Waals surface area contributed by atoms with Crippen molar-refractivity contribution in [2.75, 3.05) is 10.2 Å². The zero-order valence-corrected chi connectivity index (χ0v) is 15.1. The summed E-state index contributed by atoms with van der Waals surface area (Å²) < 4.78 is 0. The monoisotopic (exact) mass is 380 g/mol. The van der Waals surface area contributed by atoms with Crippen LogP contribution in [0.4, 0.5) is 11.4 Å². The predicted molar refractivity (Wildman–Crippen MR) is 105 cm³/mol. The maximum absolute atomic E-state index is 13.1. The van der Waals surface area contributed by atoms with E-state index in [9.17, 15) is 9.59 Å². The fourth-order valence-electron chi connectivity index (χ4n) is 2.81. The lowest BCUT2D eigenvalue weighted by Gasteiger charge is -2.15. The molecule has 0 atom stereocenters. The van der Waals surface area contributed by atoms with E-state index in [1.807, 2.05) is 47.8 Å². The van der Waals surface area contributed by atoms with Crippen LogP contribution in [0.3, 0.4) is 0 Å². The molecular formula is C20H13ClN2O2S. The number of amides is 2. The second-order valence-corrected chi connectivity index (χ2v) is 7.03. The minimum Gasteiger partial charge on any atom is -0.350 e. The number of nitrogens with one attached hydrogen (secondary N) is 1. The summed E-state index contributed by atoms with van der Waals surface area (Å²) in [6.07, 6.45) is 0. The standard InChI is InChI=1S/C20H13ClN2O2S/c21-13-6-4-9-15(12-13)23-19(24)17(16-10-5-11-26-16)18(20(23)25)22-14-7-2-1-3-8-14/h1-12,22H. The van der Waals surface area contributed by atoms with Crippen LogP contribution in [-0.4, -0.2) is 11.8 Å². The molecule has 0 radical (unpaired) electrons. The summed E-state index contributed by atoms with van der Waals surface area (Å²) in [6, 6.07) is 19.7. The average molecular weight is 381 g/mol. The van der Waals surface area contributed by atoms with Crippen molar-refractivity contribution in [3.05, 3.63) is 87.7 Å². The van der Waals surface area contributed by atoms with Crippen molar-refractivity contribution in [3.8, 4) is 0 Å². The Labute approximate surface area is 159 Å². The third kappa shape index (κ3) is 2.92. The first-order chi connectivity index (χ1) is 12.6. The molecule has 0 unspecified atom stereocenters. The SMILES string of the molecule is O=C1C(Nc2ccccc2)=C(c2cccs2)C(=O)N1c1cccc(Cl)c1. The van der Waals surface area contributed by atoms with Crippen LogP contribution in [-0.2, 0) is 9.59 Å². The van der Waals surface area contributed by atoms with Gasteiger partial charge in [-0.1, -0.05) is 41.9 Å². The number of thiophene rings is 1. The summed E-state index contributed by atoms with van der Waals surface area (Å²) in [7, 11) is 0. The third-order valence-corrected chi connectivity index (χ3v) is 5.08. The van der Waals surface area contributed by atoms with Gasteiger partial charge in [0.1, 0.15) is 5.70 Å². The van der Waals surface area contributed by atoms with E-state index in [1.54, 1.807) is 24.3 Å². The molecule has 6 heteroatoms. The van der Waals surface area contributed by atoms with Crippen LogP contribution in [0.15, 0.2) is 77.8 Å². The first-order valence-electron chi connectivity index (χ1n) is 7.90. The molecule has 3 aromatic rings. The van der Waals surface area contributed by atoms with Gasteiger partial charge in [0.25, 0.3) is 11.8 Å². The van der Waals surface area contributed by atoms with E-state index in [0.717, 1.165) is 15.5 Å². The molecule has 2 aromatic carbocycles. The molecule has 2 amide bonds. The predicted octanol–water partition coefficient (Wildman–Crippen LogP) is 4.80. The summed E-state index contributed by atoms with van der Waals surface area (Å²) >= 11 is 7.46. The van der Waals surface area contributed by atoms with Crippen molar-refractivity contribution in [1.29, 1.82) is 0 Å². The fraction of sp³-hybridized carbons (Fsp3) is 0. The molecule has 1 aromatic heterocycles. The lowest BCUT2D eigenvalue weighted by Crippen LogP contribution is -2.32. The number of halogens is 1. The minimum atomic E-state index is -0.399. The molecule has 1 aliphatic rings. The quantitative estimate of drug-likeness (QED) is 0.661. The Balaban J connectivity index is 1.81. The summed E-state index contributed by atoms with van der Waals surface area (Å²) in [4.78, 5) is 28.1. The minimum absolute atomic E-state index is 0.267. The zero-order chi connectivity index (χ0) is 18.1. The number of rotatable bonds is 4. The van der Waals surface area contributed by atoms with Crippen LogP contribution < -0.4 is 10.2 Å². The normalized spacial score (nSPS) is 14.3. The number of benzene rings is 2. The van der Waals surface area contributed by atoms with Crippen LogP contribution in [0, 0.1) is 0 Å². The van der Waals surface area contributed by atoms with Crippen LogP contribution in [0.1, 0.15) is 4.88 Å². The van der Waals surface area contributed by atoms with E-state index >= 15 is 0 Å². The maximum atomic E-state index is 13.1. The van der Waals surface area contributed by atoms with Crippen molar-refractivity contribution in [1.82, 2.24) is 0 Å². The second kappa shape index (κ2) is 6.78. The molecule has 128 valence electrons. The highest BCUT2D eigenvalue weighted by atomic mass is 35.5. The summed E-state index contributed by atoms with van der Waals surface area (Å²) in [5.41, 5.74) is 1.83. The third-order valence-electron chi connectivity index (χ3n) is 3.96. The van der Waals surface area contributed by atoms with E-state index in [2.05, 4.69) is 5.32 Å². The Morgan fingerprint density at radius 3 is 2.38 bits per heavy atom. The molecule has 0 spiro atoms. The lowest BCUT2D eigenvalue weighted by atomic mass is 10.2. The summed E-state index contributed by atoms with van der Waals surface area (Å²) in [6.45, 7) is 0. The van der Waals surface area contributed by atoms with Crippen molar-refractivity contribution < 1.29 is 9.59 Å². The Hall–Kier alpha value is -2.89. The lowest BCUT2D eigenvalue weighted by molar-refractivity contribution is -0.120. The fourth-order valence-corrected chi connectivity index (χ4v) is 3.76. The molecular weight excluding hydrogens is 368 g/mol. The van der Waals surface area contributed by atoms with E-state index in [0.29, 0.717) is 16.3 Å². The molecule has 4 nitrogen and oxygen atoms in total. The molecule has 0 bridgehead atoms. The molecule has 4 rings (SSSR count). The molecule has 26 heavy (non-hydrogen) atoms. The molecule has 1 aliphatic heterocycles. The number of para-hydroxylation sites is 1. The van der Waals surface area contributed by atoms with Crippen LogP contribution in [0.2, 0.25) is 5.02 Å². The van der Waals surface area contributed by atoms with Crippen LogP contribution in [0.5, 0.6) is 0 Å². The van der Waals surface area contributed by atoms with E-state index in [1.165, 1.54) is 11.3 Å². The average Bonchev–Trinajstić information content (AvgIpc) is 3.23. The molecule has 0 saturated carbocycles. The van der Waals surface area contributed by atoms with Crippen LogP contribution >= 0.6 is 22.9 Å². The van der Waals surface area contributed by atoms with Gasteiger partial charge in [-0.3, -0.25) is 9.59 Å². The number of imide groups is 1. The van der Waals surface area contributed by atoms with Gasteiger partial charge in [0.15, 0.2) is 0 Å². The zero-order valence-electron chi connectivity index (χ0n) is 13.5. The van der Waals surface area contributed by atoms with Gasteiger partial charge in [-0.25, -0.2) is 4.90 Å². The largest absolute Gasteiger partial charge is 0.350 e. The molecule has 2 heterocycles. The van der Waals surface area contributed by atoms with Crippen molar-refractivity contribution in [2.45, 2.75) is 0 Å². The number of hydrogen-bond acceptors (Lipinski definition) is 4. The van der Waals surface area contributed by atoms with Crippen molar-refractivity contribution >= 4 is 51.7 Å². The van der Waals surface area contributed by atoms with Crippen LogP contribution in [0.25, 0.3) is 5.57 Å². The van der Waals surface area contributed by atoms with Gasteiger partial charge in [-0.2, -0.15) is 0 Å². The number of carbonyl (C=O) groups excluding carboxylic acids is 2. The molecule has 0 aliphatic carbocycles. The Bertz CT molecular complexity index is 1010. The van der Waals surface area contributed by atoms with Gasteiger partial charge in [0.2, 0.25) is 0 Å². The topological polar surface area (TPSA) is 49.4 Å². The van der Waals surface area contributed by atoms with Crippen molar-refractivity contribution in [3.63, 3.8) is 0 Å². The highest BCUT2D eigenvalue weighted by molar-refractivity contribution is 7.11. The van der Waals surface area contributed by atoms with Gasteiger partial charge >= 0.3 is 0 Å². The number of carbonyl (C=O) groups is 2. The van der Waals surface area contributed by atoms with Gasteiger partial charge < -0.3 is 5.32 Å². The smallest absolute Gasteiger partial charge is 0.282 e. The Morgan fingerprint density at radius 2 is 1.69 bits per heavy atom. The molecule has 0 fully saturated rings. The number of anilines is 2. The Kier molecular flexibility index (Phi) is 4.32. The highest BCUT2D eigenvalue weighted by Crippen LogP contribution is 2.36. The molecule has 1 N–H and O–H groups in total. The second-order valence-electron chi connectivity index (χ2n) is 5.64. The van der Waals surface area contributed by atoms with Crippen molar-refractivity contribution in [2.24, 2.45) is 0 Å². The maximum Gasteiger partial charge on any atom is 0.282 e. The van der Waals surface area contributed by atoms with E-state index in [4.69, 9.17) is 11.6 Å². The summed E-state index contributed by atoms with van der Waals surface area (Å²) in [5, 5.41) is 5.46.